The number of hydrogen-bond acceptors (Lipinski definition) is 3. The van der Waals surface area contributed by atoms with E-state index in [9.17, 15) is 10.2 Å². The summed E-state index contributed by atoms with van der Waals surface area (Å²) in [6, 6.07) is 28.1. The Balaban J connectivity index is 1.56. The minimum atomic E-state index is 0.165. The maximum atomic E-state index is 9.96. The molecule has 0 spiro atoms. The van der Waals surface area contributed by atoms with Crippen LogP contribution >= 0.6 is 0 Å². The Morgan fingerprint density at radius 3 is 2.29 bits per heavy atom. The van der Waals surface area contributed by atoms with Gasteiger partial charge in [-0.05, 0) is 109 Å². The summed E-state index contributed by atoms with van der Waals surface area (Å²) in [6.07, 6.45) is 8.03. The standard InChI is InChI=1S/C32H37NO2/c34-22-6-12-31(25-7-2-1-3-8-25)32(26-13-17-30(35)18-14-26)28-10-4-9-27(23-28)24-11-5-20-33(21-19-24)29-15-16-29/h1-4,7-10,13-14,17-18,23-24,29,34-35H,5-6,11-12,15-16,19-22H2/b32-31-. The van der Waals surface area contributed by atoms with Gasteiger partial charge < -0.3 is 15.1 Å². The van der Waals surface area contributed by atoms with E-state index in [2.05, 4.69) is 53.4 Å². The van der Waals surface area contributed by atoms with Crippen LogP contribution in [-0.2, 0) is 0 Å². The highest BCUT2D eigenvalue weighted by atomic mass is 16.3. The second-order valence-electron chi connectivity index (χ2n) is 10.1. The van der Waals surface area contributed by atoms with Gasteiger partial charge in [-0.3, -0.25) is 0 Å². The number of allylic oxidation sites excluding steroid dienone is 1. The van der Waals surface area contributed by atoms with E-state index in [-0.39, 0.29) is 12.4 Å². The van der Waals surface area contributed by atoms with Crippen molar-refractivity contribution in [3.05, 3.63) is 101 Å². The van der Waals surface area contributed by atoms with Crippen molar-refractivity contribution in [1.82, 2.24) is 4.90 Å². The third-order valence-corrected chi connectivity index (χ3v) is 7.64. The van der Waals surface area contributed by atoms with Crippen LogP contribution in [0, 0.1) is 0 Å². The Labute approximate surface area is 209 Å². The fraction of sp³-hybridized carbons (Fsp3) is 0.375. The van der Waals surface area contributed by atoms with Gasteiger partial charge in [-0.15, -0.1) is 0 Å². The lowest BCUT2D eigenvalue weighted by molar-refractivity contribution is 0.273. The molecule has 1 aliphatic heterocycles. The molecule has 35 heavy (non-hydrogen) atoms. The summed E-state index contributed by atoms with van der Waals surface area (Å²) in [6.45, 7) is 2.63. The van der Waals surface area contributed by atoms with Crippen LogP contribution in [0.2, 0.25) is 0 Å². The van der Waals surface area contributed by atoms with Crippen molar-refractivity contribution < 1.29 is 10.2 Å². The molecule has 1 saturated heterocycles. The van der Waals surface area contributed by atoms with Gasteiger partial charge in [0.05, 0.1) is 0 Å². The van der Waals surface area contributed by atoms with Crippen LogP contribution in [0.3, 0.4) is 0 Å². The van der Waals surface area contributed by atoms with Gasteiger partial charge >= 0.3 is 0 Å². The minimum Gasteiger partial charge on any atom is -0.508 e. The fourth-order valence-electron chi connectivity index (χ4n) is 5.66. The number of phenols is 1. The monoisotopic (exact) mass is 467 g/mol. The average molecular weight is 468 g/mol. The lowest BCUT2D eigenvalue weighted by atomic mass is 9.84. The first-order chi connectivity index (χ1) is 17.2. The number of likely N-dealkylation sites (tertiary alicyclic amines) is 1. The van der Waals surface area contributed by atoms with Crippen molar-refractivity contribution in [3.8, 4) is 5.75 Å². The summed E-state index contributed by atoms with van der Waals surface area (Å²) in [7, 11) is 0. The van der Waals surface area contributed by atoms with E-state index in [4.69, 9.17) is 0 Å². The van der Waals surface area contributed by atoms with E-state index in [1.165, 1.54) is 73.0 Å². The minimum absolute atomic E-state index is 0.165. The Morgan fingerprint density at radius 1 is 0.771 bits per heavy atom. The predicted octanol–water partition coefficient (Wildman–Crippen LogP) is 6.86. The van der Waals surface area contributed by atoms with Crippen molar-refractivity contribution in [2.75, 3.05) is 19.7 Å². The highest BCUT2D eigenvalue weighted by Gasteiger charge is 2.30. The molecule has 5 rings (SSSR count). The van der Waals surface area contributed by atoms with Gasteiger partial charge in [0.1, 0.15) is 5.75 Å². The molecule has 1 heterocycles. The lowest BCUT2D eigenvalue weighted by Gasteiger charge is -2.21. The maximum Gasteiger partial charge on any atom is 0.115 e. The fourth-order valence-corrected chi connectivity index (χ4v) is 5.66. The van der Waals surface area contributed by atoms with E-state index < -0.39 is 0 Å². The molecule has 0 amide bonds. The number of hydrogen-bond donors (Lipinski definition) is 2. The zero-order valence-electron chi connectivity index (χ0n) is 20.6. The smallest absolute Gasteiger partial charge is 0.115 e. The quantitative estimate of drug-likeness (QED) is 0.356. The summed E-state index contributed by atoms with van der Waals surface area (Å²) >= 11 is 0. The second kappa shape index (κ2) is 11.2. The van der Waals surface area contributed by atoms with Crippen molar-refractivity contribution in [1.29, 1.82) is 0 Å². The van der Waals surface area contributed by atoms with Crippen LogP contribution < -0.4 is 0 Å². The Morgan fingerprint density at radius 2 is 1.54 bits per heavy atom. The zero-order chi connectivity index (χ0) is 24.0. The molecule has 3 nitrogen and oxygen atoms in total. The van der Waals surface area contributed by atoms with Gasteiger partial charge in [0, 0.05) is 12.6 Å². The van der Waals surface area contributed by atoms with Crippen LogP contribution in [0.25, 0.3) is 11.1 Å². The molecule has 2 aliphatic rings. The number of aliphatic hydroxyl groups is 1. The van der Waals surface area contributed by atoms with Crippen LogP contribution in [-0.4, -0.2) is 40.9 Å². The molecule has 0 radical (unpaired) electrons. The summed E-state index contributed by atoms with van der Waals surface area (Å²) in [5, 5.41) is 19.6. The van der Waals surface area contributed by atoms with Crippen molar-refractivity contribution in [3.63, 3.8) is 0 Å². The number of aromatic hydroxyl groups is 1. The van der Waals surface area contributed by atoms with Crippen molar-refractivity contribution in [2.24, 2.45) is 0 Å². The van der Waals surface area contributed by atoms with E-state index in [0.29, 0.717) is 12.3 Å². The number of phenolic OH excluding ortho intramolecular Hbond substituents is 1. The first-order valence-corrected chi connectivity index (χ1v) is 13.3. The molecule has 2 fully saturated rings. The topological polar surface area (TPSA) is 43.7 Å². The summed E-state index contributed by atoms with van der Waals surface area (Å²) < 4.78 is 0. The van der Waals surface area contributed by atoms with E-state index in [0.717, 1.165) is 18.0 Å². The molecule has 3 heteroatoms. The first-order valence-electron chi connectivity index (χ1n) is 13.3. The zero-order valence-corrected chi connectivity index (χ0v) is 20.6. The Kier molecular flexibility index (Phi) is 7.66. The van der Waals surface area contributed by atoms with Crippen molar-refractivity contribution in [2.45, 2.75) is 56.9 Å². The van der Waals surface area contributed by atoms with Gasteiger partial charge in [-0.1, -0.05) is 66.7 Å². The largest absolute Gasteiger partial charge is 0.508 e. The van der Waals surface area contributed by atoms with E-state index in [1.54, 1.807) is 12.1 Å². The molecule has 0 aromatic heterocycles. The van der Waals surface area contributed by atoms with Crippen LogP contribution in [0.15, 0.2) is 78.9 Å². The predicted molar refractivity (Wildman–Crippen MR) is 144 cm³/mol. The number of aliphatic hydroxyl groups excluding tert-OH is 1. The van der Waals surface area contributed by atoms with Crippen LogP contribution in [0.4, 0.5) is 0 Å². The Hall–Kier alpha value is -2.88. The molecule has 3 aromatic carbocycles. The molecule has 2 N–H and O–H groups in total. The highest BCUT2D eigenvalue weighted by molar-refractivity contribution is 5.98. The van der Waals surface area contributed by atoms with Gasteiger partial charge in [-0.25, -0.2) is 0 Å². The summed E-state index contributed by atoms with van der Waals surface area (Å²) in [5.41, 5.74) is 7.36. The number of nitrogens with zero attached hydrogens (tertiary/aromatic N) is 1. The third-order valence-electron chi connectivity index (χ3n) is 7.64. The SMILES string of the molecule is OCCC/C(=C(\c1ccc(O)cc1)c1cccc(C2CCCN(C3CC3)CC2)c1)c1ccccc1. The summed E-state index contributed by atoms with van der Waals surface area (Å²) in [5.74, 6) is 0.870. The second-order valence-corrected chi connectivity index (χ2v) is 10.1. The average Bonchev–Trinajstić information content (AvgIpc) is 3.75. The molecular formula is C32H37NO2. The Bertz CT molecular complexity index is 1130. The molecule has 1 atom stereocenters. The third kappa shape index (κ3) is 5.86. The summed E-state index contributed by atoms with van der Waals surface area (Å²) in [4.78, 5) is 2.72. The molecule has 3 aromatic rings. The normalized spacial score (nSPS) is 19.7. The van der Waals surface area contributed by atoms with E-state index in [1.807, 2.05) is 18.2 Å². The first kappa shape index (κ1) is 23.8. The number of rotatable bonds is 8. The van der Waals surface area contributed by atoms with Crippen LogP contribution in [0.5, 0.6) is 5.75 Å². The molecule has 0 bridgehead atoms. The van der Waals surface area contributed by atoms with Gasteiger partial charge in [-0.2, -0.15) is 0 Å². The maximum absolute atomic E-state index is 9.96. The van der Waals surface area contributed by atoms with E-state index >= 15 is 0 Å². The van der Waals surface area contributed by atoms with Gasteiger partial charge in [0.25, 0.3) is 0 Å². The van der Waals surface area contributed by atoms with Gasteiger partial charge in [0.2, 0.25) is 0 Å². The highest BCUT2D eigenvalue weighted by Crippen LogP contribution is 2.38. The molecule has 1 saturated carbocycles. The molecule has 1 aliphatic carbocycles. The van der Waals surface area contributed by atoms with Gasteiger partial charge in [0.15, 0.2) is 0 Å². The number of benzene rings is 3. The lowest BCUT2D eigenvalue weighted by Crippen LogP contribution is -2.26. The molecular weight excluding hydrogens is 430 g/mol. The van der Waals surface area contributed by atoms with Crippen molar-refractivity contribution >= 4 is 11.1 Å². The van der Waals surface area contributed by atoms with Crippen LogP contribution in [0.1, 0.15) is 73.1 Å². The molecule has 182 valence electrons. The molecule has 1 unspecified atom stereocenters.